The van der Waals surface area contributed by atoms with Crippen LogP contribution < -0.4 is 0 Å². The van der Waals surface area contributed by atoms with Gasteiger partial charge in [0.2, 0.25) is 0 Å². The van der Waals surface area contributed by atoms with Gasteiger partial charge in [-0.1, -0.05) is 60.7 Å². The molecule has 20 heavy (non-hydrogen) atoms. The van der Waals surface area contributed by atoms with Crippen LogP contribution in [0.15, 0.2) is 66.2 Å². The number of Topliss-reactive ketones (excluding diaryl/α,β-unsaturated/α-hetero) is 1. The van der Waals surface area contributed by atoms with E-state index in [1.807, 2.05) is 48.5 Å². The predicted octanol–water partition coefficient (Wildman–Crippen LogP) is 4.90. The molecule has 0 bridgehead atoms. The highest BCUT2D eigenvalue weighted by Gasteiger charge is 2.20. The second-order valence-electron chi connectivity index (χ2n) is 5.23. The molecule has 0 unspecified atom stereocenters. The Labute approximate surface area is 120 Å². The fourth-order valence-corrected chi connectivity index (χ4v) is 2.88. The van der Waals surface area contributed by atoms with Crippen LogP contribution in [0.25, 0.3) is 5.57 Å². The number of allylic oxidation sites excluding steroid dienone is 2. The summed E-state index contributed by atoms with van der Waals surface area (Å²) in [5.74, 6) is 0.198. The predicted molar refractivity (Wildman–Crippen MR) is 82.6 cm³/mol. The lowest BCUT2D eigenvalue weighted by atomic mass is 9.84. The van der Waals surface area contributed by atoms with Crippen molar-refractivity contribution in [3.8, 4) is 0 Å². The molecule has 1 aliphatic rings. The van der Waals surface area contributed by atoms with E-state index < -0.39 is 0 Å². The third-order valence-electron chi connectivity index (χ3n) is 3.90. The summed E-state index contributed by atoms with van der Waals surface area (Å²) in [5.41, 5.74) is 4.25. The first-order valence-corrected chi connectivity index (χ1v) is 7.23. The fourth-order valence-electron chi connectivity index (χ4n) is 2.88. The Hall–Kier alpha value is -2.15. The molecule has 0 radical (unpaired) electrons. The Balaban J connectivity index is 2.04. The molecule has 0 heterocycles. The van der Waals surface area contributed by atoms with E-state index in [1.165, 1.54) is 17.6 Å². The van der Waals surface area contributed by atoms with E-state index in [0.717, 1.165) is 30.4 Å². The number of benzene rings is 2. The van der Waals surface area contributed by atoms with Crippen molar-refractivity contribution < 1.29 is 4.79 Å². The third kappa shape index (κ3) is 2.57. The van der Waals surface area contributed by atoms with Gasteiger partial charge in [0, 0.05) is 11.1 Å². The van der Waals surface area contributed by atoms with Gasteiger partial charge in [-0.05, 0) is 36.8 Å². The summed E-state index contributed by atoms with van der Waals surface area (Å²) in [6.45, 7) is 0. The lowest BCUT2D eigenvalue weighted by Gasteiger charge is -2.20. The van der Waals surface area contributed by atoms with Gasteiger partial charge in [0.1, 0.15) is 0 Å². The molecule has 2 aromatic carbocycles. The summed E-state index contributed by atoms with van der Waals surface area (Å²) in [6, 6.07) is 20.0. The Morgan fingerprint density at radius 1 is 0.750 bits per heavy atom. The molecular weight excluding hydrogens is 244 g/mol. The minimum absolute atomic E-state index is 0.198. The topological polar surface area (TPSA) is 17.1 Å². The molecule has 0 amide bonds. The zero-order chi connectivity index (χ0) is 13.8. The maximum Gasteiger partial charge on any atom is 0.189 e. The van der Waals surface area contributed by atoms with Gasteiger partial charge < -0.3 is 0 Å². The minimum atomic E-state index is 0.198. The van der Waals surface area contributed by atoms with Gasteiger partial charge in [-0.2, -0.15) is 0 Å². The van der Waals surface area contributed by atoms with Crippen LogP contribution in [-0.4, -0.2) is 5.78 Å². The van der Waals surface area contributed by atoms with Gasteiger partial charge in [-0.3, -0.25) is 4.79 Å². The van der Waals surface area contributed by atoms with Crippen LogP contribution in [0, 0.1) is 0 Å². The van der Waals surface area contributed by atoms with Crippen LogP contribution >= 0.6 is 0 Å². The summed E-state index contributed by atoms with van der Waals surface area (Å²) in [4.78, 5) is 12.7. The molecule has 0 atom stereocenters. The standard InChI is InChI=1S/C19H18O/c20-19(16-11-5-2-6-12-16)18-14-8-7-13-17(18)15-9-3-1-4-10-15/h1-6,9-12H,7-8,13-14H2. The third-order valence-corrected chi connectivity index (χ3v) is 3.90. The van der Waals surface area contributed by atoms with Crippen LogP contribution in [0.4, 0.5) is 0 Å². The average molecular weight is 262 g/mol. The Morgan fingerprint density at radius 2 is 1.35 bits per heavy atom. The van der Waals surface area contributed by atoms with E-state index in [1.54, 1.807) is 0 Å². The van der Waals surface area contributed by atoms with Crippen molar-refractivity contribution in [3.63, 3.8) is 0 Å². The first-order chi connectivity index (χ1) is 9.86. The van der Waals surface area contributed by atoms with Crippen molar-refractivity contribution in [2.24, 2.45) is 0 Å². The summed E-state index contributed by atoms with van der Waals surface area (Å²) in [5, 5.41) is 0. The van der Waals surface area contributed by atoms with E-state index in [2.05, 4.69) is 12.1 Å². The van der Waals surface area contributed by atoms with Crippen LogP contribution in [-0.2, 0) is 0 Å². The normalized spacial score (nSPS) is 15.2. The lowest BCUT2D eigenvalue weighted by Crippen LogP contribution is -2.10. The summed E-state index contributed by atoms with van der Waals surface area (Å²) < 4.78 is 0. The van der Waals surface area contributed by atoms with Gasteiger partial charge in [-0.15, -0.1) is 0 Å². The molecule has 1 heteroatoms. The smallest absolute Gasteiger partial charge is 0.189 e. The quantitative estimate of drug-likeness (QED) is 0.719. The van der Waals surface area contributed by atoms with E-state index >= 15 is 0 Å². The SMILES string of the molecule is O=C(C1=C(c2ccccc2)CCCC1)c1ccccc1. The Bertz CT molecular complexity index is 623. The number of hydrogen-bond donors (Lipinski definition) is 0. The maximum atomic E-state index is 12.7. The van der Waals surface area contributed by atoms with E-state index in [9.17, 15) is 4.79 Å². The van der Waals surface area contributed by atoms with Crippen molar-refractivity contribution in [3.05, 3.63) is 77.4 Å². The number of carbonyl (C=O) groups is 1. The van der Waals surface area contributed by atoms with Crippen LogP contribution in [0.3, 0.4) is 0 Å². The molecule has 0 aliphatic heterocycles. The molecule has 0 fully saturated rings. The molecule has 1 nitrogen and oxygen atoms in total. The summed E-state index contributed by atoms with van der Waals surface area (Å²) in [6.07, 6.45) is 4.20. The van der Waals surface area contributed by atoms with Gasteiger partial charge in [-0.25, -0.2) is 0 Å². The largest absolute Gasteiger partial charge is 0.289 e. The van der Waals surface area contributed by atoms with Crippen LogP contribution in [0.5, 0.6) is 0 Å². The highest BCUT2D eigenvalue weighted by atomic mass is 16.1. The highest BCUT2D eigenvalue weighted by Crippen LogP contribution is 2.33. The molecule has 0 N–H and O–H groups in total. The van der Waals surface area contributed by atoms with Gasteiger partial charge in [0.25, 0.3) is 0 Å². The zero-order valence-corrected chi connectivity index (χ0v) is 11.5. The first-order valence-electron chi connectivity index (χ1n) is 7.23. The molecule has 0 aromatic heterocycles. The second kappa shape index (κ2) is 5.87. The zero-order valence-electron chi connectivity index (χ0n) is 11.5. The van der Waals surface area contributed by atoms with Crippen molar-refractivity contribution in [2.45, 2.75) is 25.7 Å². The van der Waals surface area contributed by atoms with Crippen LogP contribution in [0.2, 0.25) is 0 Å². The van der Waals surface area contributed by atoms with E-state index in [-0.39, 0.29) is 5.78 Å². The lowest BCUT2D eigenvalue weighted by molar-refractivity contribution is 0.103. The number of carbonyl (C=O) groups excluding carboxylic acids is 1. The highest BCUT2D eigenvalue weighted by molar-refractivity contribution is 6.13. The number of hydrogen-bond acceptors (Lipinski definition) is 1. The van der Waals surface area contributed by atoms with Gasteiger partial charge >= 0.3 is 0 Å². The van der Waals surface area contributed by atoms with Gasteiger partial charge in [0.05, 0.1) is 0 Å². The summed E-state index contributed by atoms with van der Waals surface area (Å²) >= 11 is 0. The van der Waals surface area contributed by atoms with Gasteiger partial charge in [0.15, 0.2) is 5.78 Å². The molecule has 2 aromatic rings. The van der Waals surface area contributed by atoms with E-state index in [4.69, 9.17) is 0 Å². The van der Waals surface area contributed by atoms with Crippen molar-refractivity contribution in [2.75, 3.05) is 0 Å². The second-order valence-corrected chi connectivity index (χ2v) is 5.23. The fraction of sp³-hybridized carbons (Fsp3) is 0.211. The molecular formula is C19H18O. The molecule has 100 valence electrons. The van der Waals surface area contributed by atoms with Crippen molar-refractivity contribution in [1.82, 2.24) is 0 Å². The Kier molecular flexibility index (Phi) is 3.78. The number of ketones is 1. The molecule has 0 saturated heterocycles. The molecule has 0 spiro atoms. The van der Waals surface area contributed by atoms with Crippen LogP contribution in [0.1, 0.15) is 41.6 Å². The first kappa shape index (κ1) is 12.9. The molecule has 1 aliphatic carbocycles. The summed E-state index contributed by atoms with van der Waals surface area (Å²) in [7, 11) is 0. The Morgan fingerprint density at radius 3 is 2.05 bits per heavy atom. The van der Waals surface area contributed by atoms with E-state index in [0.29, 0.717) is 0 Å². The average Bonchev–Trinajstić information content (AvgIpc) is 2.56. The molecule has 3 rings (SSSR count). The minimum Gasteiger partial charge on any atom is -0.289 e. The molecule has 0 saturated carbocycles. The maximum absolute atomic E-state index is 12.7. The van der Waals surface area contributed by atoms with Crippen molar-refractivity contribution >= 4 is 11.4 Å². The number of rotatable bonds is 3. The van der Waals surface area contributed by atoms with Crippen molar-refractivity contribution in [1.29, 1.82) is 0 Å². The monoisotopic (exact) mass is 262 g/mol.